The Kier molecular flexibility index (Phi) is 3.17. The Bertz CT molecular complexity index is 607. The molecule has 2 heterocycles. The van der Waals surface area contributed by atoms with Crippen LogP contribution < -0.4 is 5.73 Å². The first-order chi connectivity index (χ1) is 9.55. The van der Waals surface area contributed by atoms with Crippen LogP contribution in [-0.2, 0) is 4.74 Å². The first kappa shape index (κ1) is 13.1. The van der Waals surface area contributed by atoms with E-state index in [0.29, 0.717) is 5.69 Å². The second-order valence-corrected chi connectivity index (χ2v) is 5.83. The molecule has 0 amide bonds. The minimum Gasteiger partial charge on any atom is -0.399 e. The third-order valence-electron chi connectivity index (χ3n) is 3.65. The van der Waals surface area contributed by atoms with Crippen molar-refractivity contribution in [3.05, 3.63) is 24.3 Å². The molecule has 1 aliphatic heterocycles. The summed E-state index contributed by atoms with van der Waals surface area (Å²) in [5, 5.41) is 12.2. The van der Waals surface area contributed by atoms with Gasteiger partial charge in [0.2, 0.25) is 0 Å². The summed E-state index contributed by atoms with van der Waals surface area (Å²) in [6.07, 6.45) is 1.82. The van der Waals surface area contributed by atoms with Crippen molar-refractivity contribution in [2.45, 2.75) is 38.3 Å². The summed E-state index contributed by atoms with van der Waals surface area (Å²) in [6, 6.07) is 7.90. The number of nitrogen functional groups attached to an aromatic ring is 1. The monoisotopic (exact) mass is 273 g/mol. The van der Waals surface area contributed by atoms with Gasteiger partial charge in [-0.25, -0.2) is 4.68 Å². The normalized spacial score (nSPS) is 21.8. The summed E-state index contributed by atoms with van der Waals surface area (Å²) in [7, 11) is 0. The summed E-state index contributed by atoms with van der Waals surface area (Å²) in [5.41, 5.74) is 7.36. The van der Waals surface area contributed by atoms with Crippen molar-refractivity contribution < 1.29 is 4.74 Å². The average Bonchev–Trinajstić information content (AvgIpc) is 2.86. The summed E-state index contributed by atoms with van der Waals surface area (Å²) < 4.78 is 7.66. The minimum atomic E-state index is -0.137. The van der Waals surface area contributed by atoms with Crippen LogP contribution in [0.5, 0.6) is 0 Å². The van der Waals surface area contributed by atoms with Crippen molar-refractivity contribution in [1.29, 1.82) is 0 Å². The van der Waals surface area contributed by atoms with E-state index in [4.69, 9.17) is 10.5 Å². The van der Waals surface area contributed by atoms with E-state index in [1.165, 1.54) is 0 Å². The SMILES string of the molecule is CC1(C)CC(n2nnnc2-c2cccc(N)c2)CCO1. The Morgan fingerprint density at radius 3 is 3.00 bits per heavy atom. The number of hydrogen-bond acceptors (Lipinski definition) is 5. The molecule has 6 heteroatoms. The smallest absolute Gasteiger partial charge is 0.182 e. The van der Waals surface area contributed by atoms with E-state index >= 15 is 0 Å². The molecule has 0 spiro atoms. The summed E-state index contributed by atoms with van der Waals surface area (Å²) in [5.74, 6) is 0.764. The molecule has 2 aromatic rings. The lowest BCUT2D eigenvalue weighted by atomic mass is 9.94. The number of benzene rings is 1. The Labute approximate surface area is 117 Å². The van der Waals surface area contributed by atoms with E-state index < -0.39 is 0 Å². The van der Waals surface area contributed by atoms with Gasteiger partial charge in [0.25, 0.3) is 0 Å². The molecule has 1 atom stereocenters. The highest BCUT2D eigenvalue weighted by Crippen LogP contribution is 2.33. The molecular formula is C14H19N5O. The Hall–Kier alpha value is -1.95. The molecular weight excluding hydrogens is 254 g/mol. The number of aromatic nitrogens is 4. The molecule has 1 aromatic carbocycles. The number of ether oxygens (including phenoxy) is 1. The molecule has 3 rings (SSSR count). The second-order valence-electron chi connectivity index (χ2n) is 5.83. The average molecular weight is 273 g/mol. The predicted molar refractivity (Wildman–Crippen MR) is 76.0 cm³/mol. The van der Waals surface area contributed by atoms with Crippen LogP contribution >= 0.6 is 0 Å². The fourth-order valence-electron chi connectivity index (χ4n) is 2.72. The van der Waals surface area contributed by atoms with Crippen LogP contribution in [0.2, 0.25) is 0 Å². The first-order valence-corrected chi connectivity index (χ1v) is 6.83. The lowest BCUT2D eigenvalue weighted by Crippen LogP contribution is -2.35. The Morgan fingerprint density at radius 2 is 2.25 bits per heavy atom. The molecule has 0 aliphatic carbocycles. The van der Waals surface area contributed by atoms with E-state index in [1.807, 2.05) is 28.9 Å². The van der Waals surface area contributed by atoms with Crippen LogP contribution in [0.4, 0.5) is 5.69 Å². The number of anilines is 1. The lowest BCUT2D eigenvalue weighted by Gasteiger charge is -2.35. The molecule has 0 radical (unpaired) electrons. The van der Waals surface area contributed by atoms with Gasteiger partial charge in [0, 0.05) is 17.9 Å². The molecule has 1 unspecified atom stereocenters. The van der Waals surface area contributed by atoms with Gasteiger partial charge in [-0.15, -0.1) is 5.10 Å². The number of nitrogens with zero attached hydrogens (tertiary/aromatic N) is 4. The van der Waals surface area contributed by atoms with Gasteiger partial charge in [0.05, 0.1) is 11.6 Å². The molecule has 1 fully saturated rings. The van der Waals surface area contributed by atoms with Gasteiger partial charge < -0.3 is 10.5 Å². The van der Waals surface area contributed by atoms with Crippen molar-refractivity contribution in [1.82, 2.24) is 20.2 Å². The van der Waals surface area contributed by atoms with Gasteiger partial charge in [-0.05, 0) is 49.2 Å². The van der Waals surface area contributed by atoms with Gasteiger partial charge in [-0.3, -0.25) is 0 Å². The fourth-order valence-corrected chi connectivity index (χ4v) is 2.72. The molecule has 20 heavy (non-hydrogen) atoms. The topological polar surface area (TPSA) is 78.9 Å². The second kappa shape index (κ2) is 4.86. The maximum Gasteiger partial charge on any atom is 0.182 e. The number of tetrazole rings is 1. The van der Waals surface area contributed by atoms with Gasteiger partial charge in [-0.2, -0.15) is 0 Å². The maximum atomic E-state index is 5.84. The molecule has 6 nitrogen and oxygen atoms in total. The molecule has 2 N–H and O–H groups in total. The summed E-state index contributed by atoms with van der Waals surface area (Å²) in [4.78, 5) is 0. The van der Waals surface area contributed by atoms with Gasteiger partial charge in [-0.1, -0.05) is 12.1 Å². The van der Waals surface area contributed by atoms with Crippen molar-refractivity contribution in [2.24, 2.45) is 0 Å². The highest BCUT2D eigenvalue weighted by atomic mass is 16.5. The molecule has 1 saturated heterocycles. The van der Waals surface area contributed by atoms with Gasteiger partial charge in [0.1, 0.15) is 0 Å². The first-order valence-electron chi connectivity index (χ1n) is 6.83. The van der Waals surface area contributed by atoms with E-state index in [-0.39, 0.29) is 11.6 Å². The van der Waals surface area contributed by atoms with E-state index in [0.717, 1.165) is 30.8 Å². The van der Waals surface area contributed by atoms with Gasteiger partial charge >= 0.3 is 0 Å². The van der Waals surface area contributed by atoms with Crippen LogP contribution in [-0.4, -0.2) is 32.4 Å². The van der Waals surface area contributed by atoms with E-state index in [2.05, 4.69) is 29.4 Å². The minimum absolute atomic E-state index is 0.137. The molecule has 0 bridgehead atoms. The van der Waals surface area contributed by atoms with Crippen molar-refractivity contribution in [3.8, 4) is 11.4 Å². The third-order valence-corrected chi connectivity index (χ3v) is 3.65. The van der Waals surface area contributed by atoms with Crippen molar-refractivity contribution in [3.63, 3.8) is 0 Å². The van der Waals surface area contributed by atoms with Crippen LogP contribution in [0.3, 0.4) is 0 Å². The standard InChI is InChI=1S/C14H19N5O/c1-14(2)9-12(6-7-20-14)19-13(16-17-18-19)10-4-3-5-11(15)8-10/h3-5,8,12H,6-7,9,15H2,1-2H3. The molecule has 1 aliphatic rings. The zero-order valence-electron chi connectivity index (χ0n) is 11.8. The van der Waals surface area contributed by atoms with Crippen LogP contribution in [0.15, 0.2) is 24.3 Å². The van der Waals surface area contributed by atoms with Gasteiger partial charge in [0.15, 0.2) is 5.82 Å². The fraction of sp³-hybridized carbons (Fsp3) is 0.500. The number of rotatable bonds is 2. The highest BCUT2D eigenvalue weighted by molar-refractivity contribution is 5.60. The zero-order chi connectivity index (χ0) is 14.2. The maximum absolute atomic E-state index is 5.84. The van der Waals surface area contributed by atoms with E-state index in [1.54, 1.807) is 0 Å². The third kappa shape index (κ3) is 2.51. The Balaban J connectivity index is 1.94. The van der Waals surface area contributed by atoms with Crippen molar-refractivity contribution in [2.75, 3.05) is 12.3 Å². The van der Waals surface area contributed by atoms with Crippen LogP contribution in [0.25, 0.3) is 11.4 Å². The number of hydrogen-bond donors (Lipinski definition) is 1. The zero-order valence-corrected chi connectivity index (χ0v) is 11.8. The molecule has 1 aromatic heterocycles. The Morgan fingerprint density at radius 1 is 1.40 bits per heavy atom. The summed E-state index contributed by atoms with van der Waals surface area (Å²) >= 11 is 0. The summed E-state index contributed by atoms with van der Waals surface area (Å²) in [6.45, 7) is 4.93. The predicted octanol–water partition coefficient (Wildman–Crippen LogP) is 2.05. The lowest BCUT2D eigenvalue weighted by molar-refractivity contribution is -0.0707. The van der Waals surface area contributed by atoms with Crippen molar-refractivity contribution >= 4 is 5.69 Å². The van der Waals surface area contributed by atoms with E-state index in [9.17, 15) is 0 Å². The largest absolute Gasteiger partial charge is 0.399 e. The number of nitrogens with two attached hydrogens (primary N) is 1. The quantitative estimate of drug-likeness (QED) is 0.847. The highest BCUT2D eigenvalue weighted by Gasteiger charge is 2.32. The molecule has 0 saturated carbocycles. The van der Waals surface area contributed by atoms with Crippen LogP contribution in [0, 0.1) is 0 Å². The molecule has 106 valence electrons. The van der Waals surface area contributed by atoms with Crippen LogP contribution in [0.1, 0.15) is 32.7 Å².